The van der Waals surface area contributed by atoms with E-state index >= 15 is 0 Å². The van der Waals surface area contributed by atoms with Gasteiger partial charge in [0.25, 0.3) is 0 Å². The van der Waals surface area contributed by atoms with Crippen LogP contribution in [0.3, 0.4) is 0 Å². The van der Waals surface area contributed by atoms with Crippen LogP contribution >= 0.6 is 0 Å². The zero-order valence-corrected chi connectivity index (χ0v) is 10.8. The van der Waals surface area contributed by atoms with E-state index < -0.39 is 5.82 Å². The molecule has 0 bridgehead atoms. The minimum absolute atomic E-state index is 0.349. The maximum Gasteiger partial charge on any atom is 0.223 e. The normalized spacial score (nSPS) is 10.4. The van der Waals surface area contributed by atoms with Crippen LogP contribution in [0.15, 0.2) is 24.4 Å². The van der Waals surface area contributed by atoms with Gasteiger partial charge in [-0.05, 0) is 32.4 Å². The molecule has 1 N–H and O–H groups in total. The first-order chi connectivity index (χ1) is 8.61. The molecule has 1 aromatic carbocycles. The lowest BCUT2D eigenvalue weighted by Crippen LogP contribution is -2.04. The third-order valence-electron chi connectivity index (χ3n) is 2.73. The van der Waals surface area contributed by atoms with Crippen molar-refractivity contribution in [2.75, 3.05) is 11.9 Å². The van der Waals surface area contributed by atoms with Crippen molar-refractivity contribution in [3.05, 3.63) is 41.3 Å². The van der Waals surface area contributed by atoms with E-state index in [1.54, 1.807) is 0 Å². The van der Waals surface area contributed by atoms with Crippen LogP contribution in [0.25, 0.3) is 11.3 Å². The van der Waals surface area contributed by atoms with E-state index in [2.05, 4.69) is 15.3 Å². The number of anilines is 1. The van der Waals surface area contributed by atoms with E-state index in [1.165, 1.54) is 6.20 Å². The van der Waals surface area contributed by atoms with E-state index in [1.807, 2.05) is 39.0 Å². The quantitative estimate of drug-likeness (QED) is 0.901. The molecule has 0 saturated carbocycles. The highest BCUT2D eigenvalue weighted by molar-refractivity contribution is 5.65. The molecule has 0 aliphatic heterocycles. The van der Waals surface area contributed by atoms with Crippen LogP contribution < -0.4 is 5.32 Å². The Bertz CT molecular complexity index is 567. The maximum absolute atomic E-state index is 13.9. The Morgan fingerprint density at radius 3 is 2.78 bits per heavy atom. The summed E-state index contributed by atoms with van der Waals surface area (Å²) < 4.78 is 13.9. The van der Waals surface area contributed by atoms with Crippen LogP contribution in [-0.4, -0.2) is 16.5 Å². The van der Waals surface area contributed by atoms with Gasteiger partial charge in [0.1, 0.15) is 5.69 Å². The fourth-order valence-electron chi connectivity index (χ4n) is 1.79. The Morgan fingerprint density at radius 2 is 2.06 bits per heavy atom. The second-order valence-corrected chi connectivity index (χ2v) is 4.24. The molecule has 2 rings (SSSR count). The standard InChI is InChI=1S/C14H16FN3/c1-4-16-14-17-8-12(15)13(18-14)11-7-9(2)5-6-10(11)3/h5-8H,4H2,1-3H3,(H,16,17,18). The first-order valence-electron chi connectivity index (χ1n) is 5.96. The lowest BCUT2D eigenvalue weighted by molar-refractivity contribution is 0.618. The summed E-state index contributed by atoms with van der Waals surface area (Å²) in [6.07, 6.45) is 1.21. The van der Waals surface area contributed by atoms with Crippen molar-refractivity contribution >= 4 is 5.95 Å². The smallest absolute Gasteiger partial charge is 0.223 e. The number of halogens is 1. The van der Waals surface area contributed by atoms with Crippen molar-refractivity contribution in [3.63, 3.8) is 0 Å². The van der Waals surface area contributed by atoms with E-state index in [4.69, 9.17) is 0 Å². The van der Waals surface area contributed by atoms with Crippen molar-refractivity contribution < 1.29 is 4.39 Å². The van der Waals surface area contributed by atoms with Gasteiger partial charge in [-0.1, -0.05) is 17.7 Å². The zero-order valence-electron chi connectivity index (χ0n) is 10.8. The summed E-state index contributed by atoms with van der Waals surface area (Å²) in [5.74, 6) is 0.0557. The van der Waals surface area contributed by atoms with Gasteiger partial charge in [0.15, 0.2) is 5.82 Å². The summed E-state index contributed by atoms with van der Waals surface area (Å²) in [6.45, 7) is 6.58. The summed E-state index contributed by atoms with van der Waals surface area (Å²) >= 11 is 0. The van der Waals surface area contributed by atoms with Crippen LogP contribution in [0, 0.1) is 19.7 Å². The number of hydrogen-bond acceptors (Lipinski definition) is 3. The number of rotatable bonds is 3. The summed E-state index contributed by atoms with van der Waals surface area (Å²) in [6, 6.07) is 5.92. The van der Waals surface area contributed by atoms with Gasteiger partial charge in [-0.3, -0.25) is 0 Å². The number of aryl methyl sites for hydroxylation is 2. The predicted molar refractivity (Wildman–Crippen MR) is 71.1 cm³/mol. The molecule has 0 fully saturated rings. The molecule has 0 aliphatic carbocycles. The van der Waals surface area contributed by atoms with Crippen molar-refractivity contribution in [1.82, 2.24) is 9.97 Å². The summed E-state index contributed by atoms with van der Waals surface area (Å²) in [7, 11) is 0. The van der Waals surface area contributed by atoms with Gasteiger partial charge < -0.3 is 5.32 Å². The number of benzene rings is 1. The Labute approximate surface area is 106 Å². The van der Waals surface area contributed by atoms with Gasteiger partial charge in [0.05, 0.1) is 6.20 Å². The van der Waals surface area contributed by atoms with Gasteiger partial charge in [0.2, 0.25) is 5.95 Å². The van der Waals surface area contributed by atoms with Crippen molar-refractivity contribution in [3.8, 4) is 11.3 Å². The van der Waals surface area contributed by atoms with Crippen LogP contribution in [0.1, 0.15) is 18.1 Å². The molecule has 0 amide bonds. The highest BCUT2D eigenvalue weighted by Gasteiger charge is 2.11. The minimum atomic E-state index is -0.398. The van der Waals surface area contributed by atoms with Gasteiger partial charge in [-0.15, -0.1) is 0 Å². The Balaban J connectivity index is 2.55. The maximum atomic E-state index is 13.9. The predicted octanol–water partition coefficient (Wildman–Crippen LogP) is 3.33. The van der Waals surface area contributed by atoms with Gasteiger partial charge in [-0.2, -0.15) is 0 Å². The third kappa shape index (κ3) is 2.47. The fraction of sp³-hybridized carbons (Fsp3) is 0.286. The lowest BCUT2D eigenvalue weighted by Gasteiger charge is -2.09. The average molecular weight is 245 g/mol. The Hall–Kier alpha value is -1.97. The molecule has 4 heteroatoms. The topological polar surface area (TPSA) is 37.8 Å². The molecule has 3 nitrogen and oxygen atoms in total. The van der Waals surface area contributed by atoms with E-state index in [9.17, 15) is 4.39 Å². The highest BCUT2D eigenvalue weighted by Crippen LogP contribution is 2.25. The summed E-state index contributed by atoms with van der Waals surface area (Å²) in [4.78, 5) is 8.15. The second kappa shape index (κ2) is 5.12. The summed E-state index contributed by atoms with van der Waals surface area (Å²) in [5, 5.41) is 2.99. The number of nitrogens with zero attached hydrogens (tertiary/aromatic N) is 2. The molecule has 0 spiro atoms. The molecule has 0 atom stereocenters. The molecule has 0 radical (unpaired) electrons. The summed E-state index contributed by atoms with van der Waals surface area (Å²) in [5.41, 5.74) is 3.25. The number of aromatic nitrogens is 2. The van der Waals surface area contributed by atoms with Crippen molar-refractivity contribution in [2.24, 2.45) is 0 Å². The first kappa shape index (κ1) is 12.5. The van der Waals surface area contributed by atoms with E-state index in [0.717, 1.165) is 16.7 Å². The van der Waals surface area contributed by atoms with Crippen LogP contribution in [-0.2, 0) is 0 Å². The molecule has 0 saturated heterocycles. The highest BCUT2D eigenvalue weighted by atomic mass is 19.1. The van der Waals surface area contributed by atoms with Gasteiger partial charge in [0, 0.05) is 12.1 Å². The monoisotopic (exact) mass is 245 g/mol. The van der Waals surface area contributed by atoms with E-state index in [-0.39, 0.29) is 0 Å². The van der Waals surface area contributed by atoms with E-state index in [0.29, 0.717) is 18.2 Å². The molecular formula is C14H16FN3. The molecule has 1 heterocycles. The largest absolute Gasteiger partial charge is 0.354 e. The van der Waals surface area contributed by atoms with Crippen molar-refractivity contribution in [1.29, 1.82) is 0 Å². The average Bonchev–Trinajstić information content (AvgIpc) is 2.35. The fourth-order valence-corrected chi connectivity index (χ4v) is 1.79. The molecule has 0 unspecified atom stereocenters. The molecule has 94 valence electrons. The molecule has 0 aliphatic rings. The minimum Gasteiger partial charge on any atom is -0.354 e. The second-order valence-electron chi connectivity index (χ2n) is 4.24. The SMILES string of the molecule is CCNc1ncc(F)c(-c2cc(C)ccc2C)n1. The van der Waals surface area contributed by atoms with Crippen LogP contribution in [0.2, 0.25) is 0 Å². The molecule has 2 aromatic rings. The van der Waals surface area contributed by atoms with Crippen molar-refractivity contribution in [2.45, 2.75) is 20.8 Å². The van der Waals surface area contributed by atoms with Crippen LogP contribution in [0.5, 0.6) is 0 Å². The number of hydrogen-bond donors (Lipinski definition) is 1. The van der Waals surface area contributed by atoms with Crippen LogP contribution in [0.4, 0.5) is 10.3 Å². The lowest BCUT2D eigenvalue weighted by atomic mass is 10.0. The number of nitrogens with one attached hydrogen (secondary N) is 1. The molecule has 1 aromatic heterocycles. The Morgan fingerprint density at radius 1 is 1.28 bits per heavy atom. The molecular weight excluding hydrogens is 229 g/mol. The first-order valence-corrected chi connectivity index (χ1v) is 5.96. The molecule has 18 heavy (non-hydrogen) atoms. The van der Waals surface area contributed by atoms with Gasteiger partial charge in [-0.25, -0.2) is 14.4 Å². The third-order valence-corrected chi connectivity index (χ3v) is 2.73. The zero-order chi connectivity index (χ0) is 13.1. The Kier molecular flexibility index (Phi) is 3.55. The van der Waals surface area contributed by atoms with Gasteiger partial charge >= 0.3 is 0 Å².